The largest absolute Gasteiger partial charge is 0.460 e. The molecule has 1 aromatic rings. The maximum Gasteiger partial charge on any atom is 0.309 e. The maximum absolute atomic E-state index is 12.1. The lowest BCUT2D eigenvalue weighted by Crippen LogP contribution is -2.35. The van der Waals surface area contributed by atoms with Gasteiger partial charge >= 0.3 is 5.97 Å². The summed E-state index contributed by atoms with van der Waals surface area (Å²) in [6, 6.07) is 6.49. The van der Waals surface area contributed by atoms with E-state index < -0.39 is 29.5 Å². The SMILES string of the molecule is CC(CC(=O)OC(C)(C)C)ON1C(=O)c2ccccc2C1=O. The second-order valence-electron chi connectivity index (χ2n) is 6.16. The van der Waals surface area contributed by atoms with E-state index in [-0.39, 0.29) is 6.42 Å². The zero-order valence-corrected chi connectivity index (χ0v) is 13.1. The Hall–Kier alpha value is -2.21. The highest BCUT2D eigenvalue weighted by molar-refractivity contribution is 6.20. The summed E-state index contributed by atoms with van der Waals surface area (Å²) in [7, 11) is 0. The maximum atomic E-state index is 12.1. The molecular weight excluding hydrogens is 286 g/mol. The molecule has 0 spiro atoms. The molecule has 2 rings (SSSR count). The highest BCUT2D eigenvalue weighted by Crippen LogP contribution is 2.24. The Morgan fingerprint density at radius 2 is 1.64 bits per heavy atom. The summed E-state index contributed by atoms with van der Waals surface area (Å²) in [4.78, 5) is 41.3. The zero-order valence-electron chi connectivity index (χ0n) is 13.1. The summed E-state index contributed by atoms with van der Waals surface area (Å²) in [5, 5.41) is 0.708. The topological polar surface area (TPSA) is 72.9 Å². The Balaban J connectivity index is 1.99. The predicted octanol–water partition coefficient (Wildman–Crippen LogP) is 2.33. The van der Waals surface area contributed by atoms with Crippen LogP contribution >= 0.6 is 0 Å². The Labute approximate surface area is 129 Å². The molecule has 0 bridgehead atoms. The fourth-order valence-corrected chi connectivity index (χ4v) is 2.10. The standard InChI is InChI=1S/C16H19NO5/c1-10(9-13(18)21-16(2,3)4)22-17-14(19)11-7-5-6-8-12(11)15(17)20/h5-8,10H,9H2,1-4H3. The molecule has 0 saturated heterocycles. The molecular formula is C16H19NO5. The number of esters is 1. The number of fused-ring (bicyclic) bond motifs is 1. The van der Waals surface area contributed by atoms with Gasteiger partial charge in [0.1, 0.15) is 5.60 Å². The van der Waals surface area contributed by atoms with E-state index >= 15 is 0 Å². The van der Waals surface area contributed by atoms with Gasteiger partial charge in [-0.15, -0.1) is 5.06 Å². The Morgan fingerprint density at radius 3 is 2.09 bits per heavy atom. The summed E-state index contributed by atoms with van der Waals surface area (Å²) in [6.45, 7) is 6.90. The second-order valence-corrected chi connectivity index (χ2v) is 6.16. The first-order valence-corrected chi connectivity index (χ1v) is 7.05. The van der Waals surface area contributed by atoms with Gasteiger partial charge in [-0.2, -0.15) is 0 Å². The molecule has 0 aromatic heterocycles. The number of hydrogen-bond donors (Lipinski definition) is 0. The van der Waals surface area contributed by atoms with Crippen LogP contribution in [0, 0.1) is 0 Å². The molecule has 1 heterocycles. The highest BCUT2D eigenvalue weighted by Gasteiger charge is 2.37. The molecule has 0 saturated carbocycles. The number of nitrogens with zero attached hydrogens (tertiary/aromatic N) is 1. The van der Waals surface area contributed by atoms with Crippen molar-refractivity contribution in [2.45, 2.75) is 45.8 Å². The van der Waals surface area contributed by atoms with Crippen molar-refractivity contribution in [1.29, 1.82) is 0 Å². The third-order valence-electron chi connectivity index (χ3n) is 2.92. The van der Waals surface area contributed by atoms with Crippen LogP contribution in [0.3, 0.4) is 0 Å². The van der Waals surface area contributed by atoms with Crippen LogP contribution in [0.2, 0.25) is 0 Å². The summed E-state index contributed by atoms with van der Waals surface area (Å²) >= 11 is 0. The zero-order chi connectivity index (χ0) is 16.5. The number of hydrogen-bond acceptors (Lipinski definition) is 5. The van der Waals surface area contributed by atoms with Crippen LogP contribution in [0.5, 0.6) is 0 Å². The van der Waals surface area contributed by atoms with Gasteiger partial charge in [0.15, 0.2) is 0 Å². The first kappa shape index (κ1) is 16.2. The van der Waals surface area contributed by atoms with E-state index in [0.717, 1.165) is 0 Å². The van der Waals surface area contributed by atoms with Crippen molar-refractivity contribution in [3.63, 3.8) is 0 Å². The van der Waals surface area contributed by atoms with Crippen LogP contribution in [-0.2, 0) is 14.4 Å². The summed E-state index contributed by atoms with van der Waals surface area (Å²) in [6.07, 6.45) is -0.706. The minimum Gasteiger partial charge on any atom is -0.460 e. The lowest BCUT2D eigenvalue weighted by molar-refractivity contribution is -0.167. The molecule has 2 amide bonds. The smallest absolute Gasteiger partial charge is 0.309 e. The molecule has 0 aliphatic carbocycles. The summed E-state index contributed by atoms with van der Waals surface area (Å²) < 4.78 is 5.18. The van der Waals surface area contributed by atoms with E-state index in [9.17, 15) is 14.4 Å². The third-order valence-corrected chi connectivity index (χ3v) is 2.92. The van der Waals surface area contributed by atoms with Gasteiger partial charge in [0.05, 0.1) is 23.7 Å². The van der Waals surface area contributed by atoms with Gasteiger partial charge in [0.2, 0.25) is 0 Å². The van der Waals surface area contributed by atoms with E-state index in [1.807, 2.05) is 0 Å². The van der Waals surface area contributed by atoms with Crippen LogP contribution in [0.15, 0.2) is 24.3 Å². The first-order valence-electron chi connectivity index (χ1n) is 7.05. The number of amides is 2. The minimum absolute atomic E-state index is 0.0509. The third kappa shape index (κ3) is 3.51. The number of ether oxygens (including phenoxy) is 1. The molecule has 1 aromatic carbocycles. The van der Waals surface area contributed by atoms with Crippen LogP contribution in [0.4, 0.5) is 0 Å². The Morgan fingerprint density at radius 1 is 1.14 bits per heavy atom. The van der Waals surface area contributed by atoms with E-state index in [4.69, 9.17) is 9.57 Å². The van der Waals surface area contributed by atoms with Crippen molar-refractivity contribution in [2.75, 3.05) is 0 Å². The number of rotatable bonds is 4. The monoisotopic (exact) mass is 305 g/mol. The molecule has 0 N–H and O–H groups in total. The van der Waals surface area contributed by atoms with Crippen LogP contribution in [0.1, 0.15) is 54.8 Å². The van der Waals surface area contributed by atoms with Gasteiger partial charge in [0.25, 0.3) is 11.8 Å². The van der Waals surface area contributed by atoms with Crippen molar-refractivity contribution < 1.29 is 24.0 Å². The quantitative estimate of drug-likeness (QED) is 0.630. The van der Waals surface area contributed by atoms with Crippen molar-refractivity contribution in [3.05, 3.63) is 35.4 Å². The van der Waals surface area contributed by atoms with E-state index in [0.29, 0.717) is 16.2 Å². The van der Waals surface area contributed by atoms with Gasteiger partial charge in [0, 0.05) is 0 Å². The summed E-state index contributed by atoms with van der Waals surface area (Å²) in [5.74, 6) is -1.48. The van der Waals surface area contributed by atoms with Gasteiger partial charge in [-0.1, -0.05) is 12.1 Å². The van der Waals surface area contributed by atoms with Crippen molar-refractivity contribution in [1.82, 2.24) is 5.06 Å². The fraction of sp³-hybridized carbons (Fsp3) is 0.438. The van der Waals surface area contributed by atoms with Crippen molar-refractivity contribution >= 4 is 17.8 Å². The molecule has 22 heavy (non-hydrogen) atoms. The molecule has 1 aliphatic heterocycles. The molecule has 0 radical (unpaired) electrons. The second kappa shape index (κ2) is 5.88. The lowest BCUT2D eigenvalue weighted by atomic mass is 10.1. The normalized spacial score (nSPS) is 15.7. The Kier molecular flexibility index (Phi) is 4.32. The van der Waals surface area contributed by atoms with Crippen molar-refractivity contribution in [3.8, 4) is 0 Å². The number of hydroxylamine groups is 2. The molecule has 118 valence electrons. The van der Waals surface area contributed by atoms with Crippen LogP contribution in [-0.4, -0.2) is 34.6 Å². The van der Waals surface area contributed by atoms with Crippen molar-refractivity contribution in [2.24, 2.45) is 0 Å². The molecule has 6 heteroatoms. The summed E-state index contributed by atoms with van der Waals surface area (Å²) in [5.41, 5.74) is 0.0145. The Bertz CT molecular complexity index is 582. The average molecular weight is 305 g/mol. The predicted molar refractivity (Wildman–Crippen MR) is 78.0 cm³/mol. The molecule has 0 fully saturated rings. The van der Waals surface area contributed by atoms with Gasteiger partial charge in [-0.3, -0.25) is 19.2 Å². The van der Waals surface area contributed by atoms with Gasteiger partial charge in [-0.05, 0) is 39.8 Å². The van der Waals surface area contributed by atoms with E-state index in [1.54, 1.807) is 52.0 Å². The minimum atomic E-state index is -0.655. The van der Waals surface area contributed by atoms with E-state index in [2.05, 4.69) is 0 Å². The number of carbonyl (C=O) groups is 3. The van der Waals surface area contributed by atoms with Gasteiger partial charge in [-0.25, -0.2) is 0 Å². The molecule has 1 unspecified atom stereocenters. The molecule has 1 atom stereocenters. The lowest BCUT2D eigenvalue weighted by Gasteiger charge is -2.22. The van der Waals surface area contributed by atoms with E-state index in [1.165, 1.54) is 0 Å². The number of benzene rings is 1. The molecule has 6 nitrogen and oxygen atoms in total. The first-order chi connectivity index (χ1) is 10.2. The highest BCUT2D eigenvalue weighted by atomic mass is 16.7. The van der Waals surface area contributed by atoms with Gasteiger partial charge < -0.3 is 4.74 Å². The average Bonchev–Trinajstić information content (AvgIpc) is 2.62. The number of carbonyl (C=O) groups excluding carboxylic acids is 3. The molecule has 1 aliphatic rings. The van der Waals surface area contributed by atoms with Crippen LogP contribution in [0.25, 0.3) is 0 Å². The fourth-order valence-electron chi connectivity index (χ4n) is 2.10. The number of imide groups is 1. The van der Waals surface area contributed by atoms with Crippen LogP contribution < -0.4 is 0 Å².